The van der Waals surface area contributed by atoms with Gasteiger partial charge in [-0.1, -0.05) is 24.3 Å². The highest BCUT2D eigenvalue weighted by Gasteiger charge is 2.28. The third-order valence-electron chi connectivity index (χ3n) is 8.25. The molecule has 10 heteroatoms. The van der Waals surface area contributed by atoms with Gasteiger partial charge in [-0.2, -0.15) is 0 Å². The van der Waals surface area contributed by atoms with E-state index in [1.54, 1.807) is 15.2 Å². The molecule has 0 bridgehead atoms. The van der Waals surface area contributed by atoms with Crippen molar-refractivity contribution in [2.75, 3.05) is 0 Å². The largest absolute Gasteiger partial charge is 0.507 e. The van der Waals surface area contributed by atoms with Gasteiger partial charge >= 0.3 is 11.3 Å². The first-order valence-electron chi connectivity index (χ1n) is 13.2. The minimum absolute atomic E-state index is 0.0217. The minimum Gasteiger partial charge on any atom is -0.507 e. The first-order chi connectivity index (χ1) is 19.6. The zero-order valence-corrected chi connectivity index (χ0v) is 22.3. The van der Waals surface area contributed by atoms with Crippen molar-refractivity contribution in [2.24, 2.45) is 0 Å². The Hall–Kier alpha value is -5.12. The zero-order valence-electron chi connectivity index (χ0n) is 22.3. The summed E-state index contributed by atoms with van der Waals surface area (Å²) in [7, 11) is 0. The summed E-state index contributed by atoms with van der Waals surface area (Å²) in [6, 6.07) is 12.3. The lowest BCUT2D eigenvalue weighted by atomic mass is 10.1. The standard InChI is InChI=1S/C16H13NO4.C15H11NO4/c1-7-6-9-4-3-5-10-12(9)17(7)15(19)11-13(18)8(2)16(20)21-14(10)11;1-7-5-8-3-2-4-9-13(8)16(7)15(19)12-10(17)6-11(18)20-14(9)12/h3-5,7,18H,6H2,1-2H3;2-4,6-7,17H,5H2,1H3. The average molecular weight is 553 g/mol. The molecule has 0 saturated carbocycles. The first-order valence-corrected chi connectivity index (χ1v) is 13.2. The number of para-hydroxylation sites is 2. The normalized spacial score (nSPS) is 17.0. The molecule has 0 saturated heterocycles. The van der Waals surface area contributed by atoms with Crippen LogP contribution in [0.2, 0.25) is 0 Å². The van der Waals surface area contributed by atoms with Gasteiger partial charge in [-0.15, -0.1) is 0 Å². The number of hydrogen-bond donors (Lipinski definition) is 2. The van der Waals surface area contributed by atoms with Crippen LogP contribution in [0.5, 0.6) is 11.5 Å². The number of rotatable bonds is 0. The van der Waals surface area contributed by atoms with Gasteiger partial charge in [0.05, 0.1) is 22.7 Å². The van der Waals surface area contributed by atoms with Gasteiger partial charge < -0.3 is 28.2 Å². The van der Waals surface area contributed by atoms with E-state index in [-0.39, 0.29) is 62.2 Å². The number of aromatic hydroxyl groups is 2. The summed E-state index contributed by atoms with van der Waals surface area (Å²) in [5.41, 5.74) is 2.22. The van der Waals surface area contributed by atoms with E-state index in [1.165, 1.54) is 6.92 Å². The Balaban J connectivity index is 0.000000135. The molecule has 6 aromatic rings. The van der Waals surface area contributed by atoms with E-state index in [1.807, 2.05) is 44.2 Å². The lowest BCUT2D eigenvalue weighted by molar-refractivity contribution is 0.460. The number of pyridine rings is 2. The average Bonchev–Trinajstić information content (AvgIpc) is 3.45. The third kappa shape index (κ3) is 3.30. The molecule has 0 amide bonds. The van der Waals surface area contributed by atoms with Crippen molar-refractivity contribution in [3.05, 3.63) is 101 Å². The van der Waals surface area contributed by atoms with E-state index >= 15 is 0 Å². The van der Waals surface area contributed by atoms with Gasteiger partial charge in [0.25, 0.3) is 11.1 Å². The highest BCUT2D eigenvalue weighted by Crippen LogP contribution is 2.37. The van der Waals surface area contributed by atoms with Crippen LogP contribution < -0.4 is 22.4 Å². The number of nitrogens with zero attached hydrogens (tertiary/aromatic N) is 2. The van der Waals surface area contributed by atoms with E-state index in [0.717, 1.165) is 41.1 Å². The van der Waals surface area contributed by atoms with Crippen LogP contribution in [-0.4, -0.2) is 19.3 Å². The molecule has 0 radical (unpaired) electrons. The maximum atomic E-state index is 12.7. The van der Waals surface area contributed by atoms with Crippen LogP contribution in [0.25, 0.3) is 43.7 Å². The molecular formula is C31H24N2O8. The quantitative estimate of drug-likeness (QED) is 0.267. The number of aromatic nitrogens is 2. The first kappa shape index (κ1) is 24.9. The Morgan fingerprint density at radius 2 is 1.27 bits per heavy atom. The van der Waals surface area contributed by atoms with Crippen LogP contribution in [0.3, 0.4) is 0 Å². The van der Waals surface area contributed by atoms with Crippen LogP contribution in [-0.2, 0) is 12.8 Å². The fourth-order valence-corrected chi connectivity index (χ4v) is 6.43. The number of benzene rings is 2. The molecular weight excluding hydrogens is 528 g/mol. The molecule has 2 aromatic carbocycles. The summed E-state index contributed by atoms with van der Waals surface area (Å²) in [4.78, 5) is 48.6. The van der Waals surface area contributed by atoms with Crippen LogP contribution >= 0.6 is 0 Å². The Morgan fingerprint density at radius 1 is 0.756 bits per heavy atom. The van der Waals surface area contributed by atoms with Gasteiger partial charge in [0.2, 0.25) is 0 Å². The van der Waals surface area contributed by atoms with Crippen LogP contribution in [0.1, 0.15) is 42.6 Å². The van der Waals surface area contributed by atoms with Crippen molar-refractivity contribution < 1.29 is 19.0 Å². The highest BCUT2D eigenvalue weighted by molar-refractivity contribution is 6.06. The summed E-state index contributed by atoms with van der Waals surface area (Å²) < 4.78 is 13.9. The van der Waals surface area contributed by atoms with E-state index in [9.17, 15) is 29.4 Å². The molecule has 206 valence electrons. The topological polar surface area (TPSA) is 145 Å². The van der Waals surface area contributed by atoms with Crippen molar-refractivity contribution in [1.82, 2.24) is 9.13 Å². The van der Waals surface area contributed by atoms with E-state index in [0.29, 0.717) is 10.8 Å². The molecule has 2 atom stereocenters. The summed E-state index contributed by atoms with van der Waals surface area (Å²) in [5.74, 6) is -0.599. The molecule has 2 N–H and O–H groups in total. The second-order valence-corrected chi connectivity index (χ2v) is 10.8. The maximum Gasteiger partial charge on any atom is 0.342 e. The van der Waals surface area contributed by atoms with Gasteiger partial charge in [0.1, 0.15) is 22.3 Å². The van der Waals surface area contributed by atoms with Crippen molar-refractivity contribution in [1.29, 1.82) is 0 Å². The minimum atomic E-state index is -0.661. The zero-order chi connectivity index (χ0) is 28.9. The molecule has 0 aliphatic carbocycles. The smallest absolute Gasteiger partial charge is 0.342 e. The van der Waals surface area contributed by atoms with E-state index in [2.05, 4.69) is 0 Å². The van der Waals surface area contributed by atoms with E-state index < -0.39 is 11.3 Å². The van der Waals surface area contributed by atoms with Crippen LogP contribution in [0.15, 0.2) is 70.5 Å². The van der Waals surface area contributed by atoms with E-state index in [4.69, 9.17) is 8.83 Å². The second-order valence-electron chi connectivity index (χ2n) is 10.8. The molecule has 2 unspecified atom stereocenters. The fraction of sp³-hybridized carbons (Fsp3) is 0.226. The van der Waals surface area contributed by atoms with Gasteiger partial charge in [-0.05, 0) is 56.9 Å². The van der Waals surface area contributed by atoms with Crippen molar-refractivity contribution in [3.63, 3.8) is 0 Å². The van der Waals surface area contributed by atoms with Gasteiger partial charge in [0.15, 0.2) is 11.2 Å². The van der Waals surface area contributed by atoms with Crippen LogP contribution in [0, 0.1) is 6.92 Å². The van der Waals surface area contributed by atoms with Gasteiger partial charge in [-0.25, -0.2) is 9.59 Å². The summed E-state index contributed by atoms with van der Waals surface area (Å²) >= 11 is 0. The lowest BCUT2D eigenvalue weighted by Gasteiger charge is -2.12. The molecule has 41 heavy (non-hydrogen) atoms. The number of fused-ring (bicyclic) bond motifs is 4. The molecule has 2 aliphatic rings. The Labute approximate surface area is 229 Å². The molecule has 8 rings (SSSR count). The lowest BCUT2D eigenvalue weighted by Crippen LogP contribution is -2.22. The highest BCUT2D eigenvalue weighted by atomic mass is 16.4. The Bertz CT molecular complexity index is 2370. The number of hydrogen-bond acceptors (Lipinski definition) is 8. The molecule has 4 aromatic heterocycles. The SMILES string of the molecule is CC1Cc2cccc3c4oc(=O)cc(O)c4c(=O)n1c23.Cc1c(O)c2c(=O)n3c4c(cccc4c2oc1=O)CC3C. The predicted octanol–water partition coefficient (Wildman–Crippen LogP) is 4.17. The Kier molecular flexibility index (Phi) is 5.12. The third-order valence-corrected chi connectivity index (χ3v) is 8.25. The monoisotopic (exact) mass is 552 g/mol. The molecule has 6 heterocycles. The van der Waals surface area contributed by atoms with Crippen molar-refractivity contribution in [2.45, 2.75) is 45.7 Å². The van der Waals surface area contributed by atoms with Crippen LogP contribution in [0.4, 0.5) is 0 Å². The predicted molar refractivity (Wildman–Crippen MR) is 153 cm³/mol. The Morgan fingerprint density at radius 3 is 1.83 bits per heavy atom. The molecule has 0 fully saturated rings. The van der Waals surface area contributed by atoms with Gasteiger partial charge in [-0.3, -0.25) is 9.59 Å². The van der Waals surface area contributed by atoms with Gasteiger partial charge in [0, 0.05) is 22.9 Å². The molecule has 10 nitrogen and oxygen atoms in total. The molecule has 2 aliphatic heterocycles. The summed E-state index contributed by atoms with van der Waals surface area (Å²) in [6.45, 7) is 5.38. The van der Waals surface area contributed by atoms with Crippen molar-refractivity contribution >= 4 is 43.7 Å². The molecule has 0 spiro atoms. The summed E-state index contributed by atoms with van der Waals surface area (Å²) in [6.07, 6.45) is 1.51. The second kappa shape index (κ2) is 8.44. The maximum absolute atomic E-state index is 12.7. The van der Waals surface area contributed by atoms with Crippen molar-refractivity contribution in [3.8, 4) is 11.5 Å². The summed E-state index contributed by atoms with van der Waals surface area (Å²) in [5, 5.41) is 21.7. The fourth-order valence-electron chi connectivity index (χ4n) is 6.43.